The molecule has 0 unspecified atom stereocenters. The fraction of sp³-hybridized carbons (Fsp3) is 0. The summed E-state index contributed by atoms with van der Waals surface area (Å²) in [5.41, 5.74) is 0. The van der Waals surface area contributed by atoms with E-state index in [1.807, 2.05) is 109 Å². The minimum atomic E-state index is -3.34. The van der Waals surface area contributed by atoms with E-state index in [4.69, 9.17) is 9.05 Å². The van der Waals surface area contributed by atoms with Crippen molar-refractivity contribution < 1.29 is 34.3 Å². The molecule has 3 nitrogen and oxygen atoms in total. The van der Waals surface area contributed by atoms with Gasteiger partial charge in [0.2, 0.25) is 0 Å². The van der Waals surface area contributed by atoms with Crippen molar-refractivity contribution in [2.24, 2.45) is 0 Å². The van der Waals surface area contributed by atoms with Gasteiger partial charge in [0.15, 0.2) is 0 Å². The van der Waals surface area contributed by atoms with Crippen molar-refractivity contribution in [3.05, 3.63) is 182 Å². The normalized spacial score (nSPS) is 11.9. The fourth-order valence-corrected chi connectivity index (χ4v) is 13.0. The van der Waals surface area contributed by atoms with E-state index in [0.717, 1.165) is 31.8 Å². The summed E-state index contributed by atoms with van der Waals surface area (Å²) in [4.78, 5) is 14.5. The van der Waals surface area contributed by atoms with Crippen LogP contribution in [0, 0.1) is 0 Å². The van der Waals surface area contributed by atoms with E-state index < -0.39 is 21.1 Å². The molecule has 0 bridgehead atoms. The number of benzene rings is 6. The molecule has 218 valence electrons. The van der Waals surface area contributed by atoms with Gasteiger partial charge in [-0.1, -0.05) is 0 Å². The van der Waals surface area contributed by atoms with Crippen molar-refractivity contribution in [3.8, 4) is 0 Å². The van der Waals surface area contributed by atoms with Gasteiger partial charge in [0.05, 0.1) is 0 Å². The van der Waals surface area contributed by atoms with E-state index in [-0.39, 0.29) is 20.4 Å². The fourth-order valence-electron chi connectivity index (χ4n) is 5.66. The molecule has 0 heterocycles. The van der Waals surface area contributed by atoms with E-state index in [2.05, 4.69) is 72.8 Å². The Hall–Kier alpha value is -3.89. The van der Waals surface area contributed by atoms with Crippen LogP contribution in [0.1, 0.15) is 0 Å². The van der Waals surface area contributed by atoms with Gasteiger partial charge in [0, 0.05) is 20.4 Å². The third-order valence-electron chi connectivity index (χ3n) is 7.55. The maximum atomic E-state index is 14.5. The molecule has 0 fully saturated rings. The molecule has 0 radical (unpaired) electrons. The van der Waals surface area contributed by atoms with Gasteiger partial charge in [-0.15, -0.1) is 0 Å². The first-order valence-corrected chi connectivity index (χ1v) is 17.8. The van der Waals surface area contributed by atoms with Crippen molar-refractivity contribution in [2.75, 3.05) is 0 Å². The van der Waals surface area contributed by atoms with Crippen LogP contribution in [0.25, 0.3) is 0 Å². The van der Waals surface area contributed by atoms with Crippen LogP contribution in [-0.4, -0.2) is 6.16 Å². The van der Waals surface area contributed by atoms with Gasteiger partial charge in [0.1, 0.15) is 0 Å². The number of rotatable bonds is 8. The van der Waals surface area contributed by atoms with Crippen LogP contribution in [-0.2, 0) is 29.5 Å². The van der Waals surface area contributed by atoms with E-state index in [1.165, 1.54) is 0 Å². The smallest absolute Gasteiger partial charge is 0 e. The summed E-state index contributed by atoms with van der Waals surface area (Å²) in [5, 5.41) is 5.78. The molecule has 0 saturated carbocycles. The third kappa shape index (κ3) is 6.12. The molecule has 43 heavy (non-hydrogen) atoms. The average Bonchev–Trinajstić information content (AvgIpc) is 3.08. The first-order valence-electron chi connectivity index (χ1n) is 14.0. The second-order valence-corrected chi connectivity index (χ2v) is 16.6. The van der Waals surface area contributed by atoms with Crippen LogP contribution in [0.3, 0.4) is 0 Å². The Morgan fingerprint density at radius 3 is 0.651 bits per heavy atom. The summed E-state index contributed by atoms with van der Waals surface area (Å²) in [7, 11) is -6.68. The van der Waals surface area contributed by atoms with Crippen molar-refractivity contribution in [2.45, 2.75) is 0 Å². The maximum Gasteiger partial charge on any atom is 0 e. The second-order valence-electron chi connectivity index (χ2n) is 10.0. The Labute approximate surface area is 268 Å². The zero-order chi connectivity index (χ0) is 28.7. The molecule has 0 aliphatic heterocycles. The summed E-state index contributed by atoms with van der Waals surface area (Å²) in [5.74, 6) is 0. The van der Waals surface area contributed by atoms with Crippen LogP contribution >= 0.6 is 15.0 Å². The predicted molar refractivity (Wildman–Crippen MR) is 181 cm³/mol. The number of hydrogen-bond donors (Lipinski definition) is 0. The molecule has 0 amide bonds. The van der Waals surface area contributed by atoms with Gasteiger partial charge in [-0.2, -0.15) is 0 Å². The number of carbonyl (C=O) groups is 1. The summed E-state index contributed by atoms with van der Waals surface area (Å²) in [6, 6.07) is 60.4. The molecule has 0 aliphatic carbocycles. The van der Waals surface area contributed by atoms with Crippen molar-refractivity contribution in [1.82, 2.24) is 0 Å². The average molecular weight is 693 g/mol. The van der Waals surface area contributed by atoms with Crippen LogP contribution in [0.2, 0.25) is 0 Å². The Kier molecular flexibility index (Phi) is 9.99. The summed E-state index contributed by atoms with van der Waals surface area (Å²) >= 11 is 0. The van der Waals surface area contributed by atoms with E-state index in [1.54, 1.807) is 0 Å². The molecule has 6 rings (SSSR count). The van der Waals surface area contributed by atoms with Gasteiger partial charge in [-0.25, -0.2) is 0 Å². The van der Waals surface area contributed by atoms with Crippen molar-refractivity contribution >= 4 is 53.0 Å². The largest absolute Gasteiger partial charge is 0 e. The van der Waals surface area contributed by atoms with E-state index in [0.29, 0.717) is 0 Å². The maximum absolute atomic E-state index is 14.5. The minimum absolute atomic E-state index is 0. The predicted octanol–water partition coefficient (Wildman–Crippen LogP) is 6.42. The molecule has 0 aromatic heterocycles. The zero-order valence-corrected chi connectivity index (χ0v) is 26.9. The zero-order valence-electron chi connectivity index (χ0n) is 23.4. The Bertz CT molecular complexity index is 1400. The van der Waals surface area contributed by atoms with Crippen molar-refractivity contribution in [1.29, 1.82) is 0 Å². The molecule has 0 aliphatic rings. The minimum Gasteiger partial charge on any atom is 0 e. The van der Waals surface area contributed by atoms with E-state index >= 15 is 0 Å². The van der Waals surface area contributed by atoms with Gasteiger partial charge >= 0.3 is 249 Å². The standard InChI is InChI=1S/C37H32O3P2.Pd/c38-37(39-41(31-19-7-1-8-20-31,32-21-9-2-10-22-32)33-23-11-3-12-24-33)40-42(34-25-13-4-14-26-34,35-27-15-5-16-28-35)36-29-17-6-18-30-36;/h1-30,41-42H;. The molecule has 6 aromatic carbocycles. The van der Waals surface area contributed by atoms with Crippen LogP contribution in [0.5, 0.6) is 0 Å². The molecular formula is C37H32O3P2Pd. The molecule has 0 atom stereocenters. The summed E-state index contributed by atoms with van der Waals surface area (Å²) in [6.07, 6.45) is -0.679. The van der Waals surface area contributed by atoms with Crippen LogP contribution in [0.15, 0.2) is 182 Å². The molecule has 6 heteroatoms. The first kappa shape index (κ1) is 30.6. The van der Waals surface area contributed by atoms with Crippen molar-refractivity contribution in [3.63, 3.8) is 0 Å². The quantitative estimate of drug-likeness (QED) is 0.137. The third-order valence-corrected chi connectivity index (χ3v) is 15.4. The monoisotopic (exact) mass is 692 g/mol. The molecular weight excluding hydrogens is 661 g/mol. The Morgan fingerprint density at radius 1 is 0.326 bits per heavy atom. The Balaban J connectivity index is 0.00000368. The molecule has 0 spiro atoms. The van der Waals surface area contributed by atoms with Gasteiger partial charge in [-0.05, 0) is 0 Å². The van der Waals surface area contributed by atoms with Crippen LogP contribution < -0.4 is 31.8 Å². The second kappa shape index (κ2) is 14.1. The topological polar surface area (TPSA) is 35.5 Å². The number of hydrogen-bond acceptors (Lipinski definition) is 3. The molecule has 6 aromatic rings. The molecule has 0 saturated heterocycles. The van der Waals surface area contributed by atoms with E-state index in [9.17, 15) is 4.79 Å². The first-order chi connectivity index (χ1) is 20.7. The summed E-state index contributed by atoms with van der Waals surface area (Å²) in [6.45, 7) is 0. The molecule has 0 N–H and O–H groups in total. The van der Waals surface area contributed by atoms with Crippen LogP contribution in [0.4, 0.5) is 4.79 Å². The van der Waals surface area contributed by atoms with Gasteiger partial charge in [0.25, 0.3) is 0 Å². The van der Waals surface area contributed by atoms with Gasteiger partial charge in [-0.3, -0.25) is 0 Å². The Morgan fingerprint density at radius 2 is 0.488 bits per heavy atom. The summed E-state index contributed by atoms with van der Waals surface area (Å²) < 4.78 is 13.7. The van der Waals surface area contributed by atoms with Gasteiger partial charge < -0.3 is 0 Å². The SMILES string of the molecule is O=C(O[PH](c1ccccc1)(c1ccccc1)c1ccccc1)O[PH](c1ccccc1)(c1ccccc1)c1ccccc1.[Pd]. The number of carbonyl (C=O) groups excluding carboxylic acids is 1.